The summed E-state index contributed by atoms with van der Waals surface area (Å²) in [5.74, 6) is -0.645. The smallest absolute Gasteiger partial charge is 0.251 e. The molecule has 0 aliphatic rings. The highest BCUT2D eigenvalue weighted by Crippen LogP contribution is 2.02. The maximum absolute atomic E-state index is 12.7. The number of rotatable bonds is 9. The van der Waals surface area contributed by atoms with Crippen LogP contribution in [0.3, 0.4) is 0 Å². The van der Waals surface area contributed by atoms with Gasteiger partial charge in [-0.25, -0.2) is 4.39 Å². The molecule has 7 heteroatoms. The van der Waals surface area contributed by atoms with Crippen molar-refractivity contribution in [2.45, 2.75) is 19.3 Å². The second-order valence-corrected chi connectivity index (χ2v) is 4.67. The van der Waals surface area contributed by atoms with Crippen LogP contribution >= 0.6 is 12.4 Å². The molecule has 0 fully saturated rings. The maximum Gasteiger partial charge on any atom is 0.251 e. The number of carbonyl (C=O) groups excluding carboxylic acids is 2. The van der Waals surface area contributed by atoms with E-state index >= 15 is 0 Å². The van der Waals surface area contributed by atoms with Crippen molar-refractivity contribution in [2.75, 3.05) is 26.7 Å². The molecular formula is C15H23ClFN3O2. The number of carbonyl (C=O) groups is 2. The molecule has 0 unspecified atom stereocenters. The van der Waals surface area contributed by atoms with Crippen LogP contribution in [0.25, 0.3) is 0 Å². The molecule has 0 saturated carbocycles. The van der Waals surface area contributed by atoms with Crippen molar-refractivity contribution in [1.29, 1.82) is 0 Å². The SMILES string of the molecule is CNCCCNC(=O)CCCNC(=O)c1ccc(F)cc1.Cl. The van der Waals surface area contributed by atoms with Crippen molar-refractivity contribution in [3.05, 3.63) is 35.6 Å². The van der Waals surface area contributed by atoms with E-state index in [4.69, 9.17) is 0 Å². The highest BCUT2D eigenvalue weighted by molar-refractivity contribution is 5.94. The Morgan fingerprint density at radius 3 is 2.27 bits per heavy atom. The minimum Gasteiger partial charge on any atom is -0.356 e. The Bertz CT molecular complexity index is 455. The Labute approximate surface area is 136 Å². The van der Waals surface area contributed by atoms with E-state index in [-0.39, 0.29) is 30.0 Å². The molecule has 3 N–H and O–H groups in total. The molecule has 1 rings (SSSR count). The number of nitrogens with one attached hydrogen (secondary N) is 3. The zero-order valence-electron chi connectivity index (χ0n) is 12.7. The van der Waals surface area contributed by atoms with Crippen molar-refractivity contribution in [1.82, 2.24) is 16.0 Å². The second kappa shape index (κ2) is 11.9. The molecule has 0 heterocycles. The van der Waals surface area contributed by atoms with Gasteiger partial charge in [-0.15, -0.1) is 12.4 Å². The zero-order valence-corrected chi connectivity index (χ0v) is 13.5. The van der Waals surface area contributed by atoms with Gasteiger partial charge in [-0.05, 0) is 50.7 Å². The Morgan fingerprint density at radius 2 is 1.64 bits per heavy atom. The third-order valence-electron chi connectivity index (χ3n) is 2.90. The van der Waals surface area contributed by atoms with Crippen molar-refractivity contribution < 1.29 is 14.0 Å². The molecule has 0 spiro atoms. The molecule has 0 aliphatic carbocycles. The van der Waals surface area contributed by atoms with Gasteiger partial charge in [0.1, 0.15) is 5.82 Å². The molecule has 5 nitrogen and oxygen atoms in total. The fourth-order valence-corrected chi connectivity index (χ4v) is 1.74. The second-order valence-electron chi connectivity index (χ2n) is 4.67. The Balaban J connectivity index is 0.00000441. The topological polar surface area (TPSA) is 70.2 Å². The number of hydrogen-bond donors (Lipinski definition) is 3. The lowest BCUT2D eigenvalue weighted by molar-refractivity contribution is -0.121. The number of halogens is 2. The molecule has 0 aliphatic heterocycles. The summed E-state index contributed by atoms with van der Waals surface area (Å²) in [4.78, 5) is 23.2. The largest absolute Gasteiger partial charge is 0.356 e. The first-order valence-corrected chi connectivity index (χ1v) is 7.08. The Hall–Kier alpha value is -1.66. The van der Waals surface area contributed by atoms with E-state index in [9.17, 15) is 14.0 Å². The van der Waals surface area contributed by atoms with Gasteiger partial charge in [-0.2, -0.15) is 0 Å². The van der Waals surface area contributed by atoms with Crippen LogP contribution in [-0.4, -0.2) is 38.5 Å². The van der Waals surface area contributed by atoms with Gasteiger partial charge in [0.25, 0.3) is 5.91 Å². The highest BCUT2D eigenvalue weighted by atomic mass is 35.5. The van der Waals surface area contributed by atoms with Gasteiger partial charge in [0, 0.05) is 25.1 Å². The van der Waals surface area contributed by atoms with Crippen molar-refractivity contribution in [2.24, 2.45) is 0 Å². The Kier molecular flexibility index (Phi) is 11.0. The molecule has 0 saturated heterocycles. The minimum absolute atomic E-state index is 0. The van der Waals surface area contributed by atoms with Gasteiger partial charge < -0.3 is 16.0 Å². The molecule has 0 atom stereocenters. The van der Waals surface area contributed by atoms with Crippen LogP contribution in [-0.2, 0) is 4.79 Å². The number of amides is 2. The van der Waals surface area contributed by atoms with Gasteiger partial charge >= 0.3 is 0 Å². The predicted molar refractivity (Wildman–Crippen MR) is 86.8 cm³/mol. The molecule has 0 radical (unpaired) electrons. The van der Waals surface area contributed by atoms with E-state index in [1.807, 2.05) is 7.05 Å². The summed E-state index contributed by atoms with van der Waals surface area (Å²) in [7, 11) is 1.87. The number of benzene rings is 1. The fourth-order valence-electron chi connectivity index (χ4n) is 1.74. The van der Waals surface area contributed by atoms with Crippen LogP contribution in [0.5, 0.6) is 0 Å². The summed E-state index contributed by atoms with van der Waals surface area (Å²) in [6.45, 7) is 1.94. The summed E-state index contributed by atoms with van der Waals surface area (Å²) < 4.78 is 12.7. The van der Waals surface area contributed by atoms with Crippen LogP contribution in [0, 0.1) is 5.82 Å². The van der Waals surface area contributed by atoms with Crippen molar-refractivity contribution in [3.8, 4) is 0 Å². The third kappa shape index (κ3) is 8.59. The standard InChI is InChI=1S/C15H22FN3O2.ClH/c1-17-9-3-11-18-14(20)4-2-10-19-15(21)12-5-7-13(16)8-6-12;/h5-8,17H,2-4,9-11H2,1H3,(H,18,20)(H,19,21);1H. The first-order chi connectivity index (χ1) is 10.1. The van der Waals surface area contributed by atoms with Gasteiger partial charge in [-0.1, -0.05) is 0 Å². The van der Waals surface area contributed by atoms with E-state index < -0.39 is 0 Å². The van der Waals surface area contributed by atoms with E-state index in [1.54, 1.807) is 0 Å². The van der Waals surface area contributed by atoms with E-state index in [0.717, 1.165) is 13.0 Å². The number of hydrogen-bond acceptors (Lipinski definition) is 3. The molecule has 0 aromatic heterocycles. The average molecular weight is 332 g/mol. The zero-order chi connectivity index (χ0) is 15.5. The van der Waals surface area contributed by atoms with Gasteiger partial charge in [-0.3, -0.25) is 9.59 Å². The normalized spacial score (nSPS) is 9.73. The molecule has 124 valence electrons. The summed E-state index contributed by atoms with van der Waals surface area (Å²) >= 11 is 0. The maximum atomic E-state index is 12.7. The average Bonchev–Trinajstić information content (AvgIpc) is 2.48. The third-order valence-corrected chi connectivity index (χ3v) is 2.90. The van der Waals surface area contributed by atoms with E-state index in [0.29, 0.717) is 31.5 Å². The summed E-state index contributed by atoms with van der Waals surface area (Å²) in [5, 5.41) is 8.51. The van der Waals surface area contributed by atoms with Gasteiger partial charge in [0.05, 0.1) is 0 Å². The predicted octanol–water partition coefficient (Wildman–Crippen LogP) is 1.48. The first-order valence-electron chi connectivity index (χ1n) is 7.08. The van der Waals surface area contributed by atoms with Gasteiger partial charge in [0.15, 0.2) is 0 Å². The highest BCUT2D eigenvalue weighted by Gasteiger charge is 2.05. The molecule has 0 bridgehead atoms. The van der Waals surface area contributed by atoms with Gasteiger partial charge in [0.2, 0.25) is 5.91 Å². The molecule has 22 heavy (non-hydrogen) atoms. The van der Waals surface area contributed by atoms with Crippen LogP contribution in [0.1, 0.15) is 29.6 Å². The lowest BCUT2D eigenvalue weighted by atomic mass is 10.2. The van der Waals surface area contributed by atoms with Crippen LogP contribution in [0.2, 0.25) is 0 Å². The van der Waals surface area contributed by atoms with Crippen LogP contribution in [0.4, 0.5) is 4.39 Å². The minimum atomic E-state index is -0.374. The van der Waals surface area contributed by atoms with Crippen LogP contribution < -0.4 is 16.0 Å². The van der Waals surface area contributed by atoms with Crippen molar-refractivity contribution >= 4 is 24.2 Å². The molecular weight excluding hydrogens is 309 g/mol. The fraction of sp³-hybridized carbons (Fsp3) is 0.467. The lowest BCUT2D eigenvalue weighted by Gasteiger charge is -2.06. The summed E-state index contributed by atoms with van der Waals surface area (Å²) in [6, 6.07) is 5.35. The molecule has 1 aromatic rings. The first kappa shape index (κ1) is 20.3. The monoisotopic (exact) mass is 331 g/mol. The van der Waals surface area contributed by atoms with E-state index in [2.05, 4.69) is 16.0 Å². The van der Waals surface area contributed by atoms with E-state index in [1.165, 1.54) is 24.3 Å². The summed E-state index contributed by atoms with van der Waals surface area (Å²) in [5.41, 5.74) is 0.410. The quantitative estimate of drug-likeness (QED) is 0.600. The summed E-state index contributed by atoms with van der Waals surface area (Å²) in [6.07, 6.45) is 1.84. The molecule has 1 aromatic carbocycles. The lowest BCUT2D eigenvalue weighted by Crippen LogP contribution is -2.28. The Morgan fingerprint density at radius 1 is 1.00 bits per heavy atom. The van der Waals surface area contributed by atoms with Crippen molar-refractivity contribution in [3.63, 3.8) is 0 Å². The van der Waals surface area contributed by atoms with Crippen LogP contribution in [0.15, 0.2) is 24.3 Å². The molecule has 2 amide bonds.